The van der Waals surface area contributed by atoms with Gasteiger partial charge in [0.1, 0.15) is 0 Å². The monoisotopic (exact) mass is 418 g/mol. The fraction of sp³-hybridized carbons (Fsp3) is 0.217. The van der Waals surface area contributed by atoms with Crippen LogP contribution in [0.3, 0.4) is 0 Å². The molecule has 2 aromatic carbocycles. The average Bonchev–Trinajstić information content (AvgIpc) is 3.17. The lowest BCUT2D eigenvalue weighted by Gasteiger charge is -2.12. The van der Waals surface area contributed by atoms with Crippen LogP contribution in [0, 0.1) is 0 Å². The van der Waals surface area contributed by atoms with Crippen molar-refractivity contribution in [2.24, 2.45) is 19.2 Å². The molecule has 8 heteroatoms. The van der Waals surface area contributed by atoms with Crippen molar-refractivity contribution in [3.05, 3.63) is 69.6 Å². The lowest BCUT2D eigenvalue weighted by atomic mass is 10.1. The van der Waals surface area contributed by atoms with Crippen LogP contribution in [0.2, 0.25) is 0 Å². The van der Waals surface area contributed by atoms with E-state index in [4.69, 9.17) is 4.74 Å². The highest BCUT2D eigenvalue weighted by Gasteiger charge is 2.29. The second-order valence-electron chi connectivity index (χ2n) is 7.28. The minimum absolute atomic E-state index is 0.105. The molecule has 1 amide bonds. The van der Waals surface area contributed by atoms with E-state index >= 15 is 0 Å². The zero-order chi connectivity index (χ0) is 22.3. The van der Waals surface area contributed by atoms with Crippen LogP contribution in [0.1, 0.15) is 29.8 Å². The van der Waals surface area contributed by atoms with Gasteiger partial charge in [-0.3, -0.25) is 13.9 Å². The molecule has 2 heterocycles. The van der Waals surface area contributed by atoms with Gasteiger partial charge in [0.15, 0.2) is 0 Å². The second-order valence-corrected chi connectivity index (χ2v) is 7.28. The quantitative estimate of drug-likeness (QED) is 0.482. The first-order valence-corrected chi connectivity index (χ1v) is 9.86. The van der Waals surface area contributed by atoms with E-state index in [0.29, 0.717) is 29.1 Å². The third kappa shape index (κ3) is 3.46. The van der Waals surface area contributed by atoms with E-state index in [2.05, 4.69) is 5.10 Å². The molecule has 0 fully saturated rings. The topological polar surface area (TPSA) is 85.9 Å². The normalized spacial score (nSPS) is 15.1. The molecule has 0 spiro atoms. The number of hydrogen-bond acceptors (Lipinski definition) is 5. The Morgan fingerprint density at radius 1 is 1.03 bits per heavy atom. The summed E-state index contributed by atoms with van der Waals surface area (Å²) in [6, 6.07) is 12.1. The van der Waals surface area contributed by atoms with Gasteiger partial charge in [-0.05, 0) is 61.9 Å². The van der Waals surface area contributed by atoms with E-state index in [9.17, 15) is 14.4 Å². The maximum Gasteiger partial charge on any atom is 0.338 e. The fourth-order valence-electron chi connectivity index (χ4n) is 3.59. The maximum absolute atomic E-state index is 13.0. The first-order valence-electron chi connectivity index (χ1n) is 9.86. The molecule has 0 saturated carbocycles. The number of anilines is 1. The molecule has 3 aromatic rings. The maximum atomic E-state index is 13.0. The standard InChI is InChI=1S/C23H22N4O4/c1-5-31-22(29)16-7-9-17(10-8-16)27-21(28)18(14(2)24-27)12-15-6-11-19-20(13-15)26(4)23(30)25(19)3/h6-13H,5H2,1-4H3. The third-order valence-corrected chi connectivity index (χ3v) is 5.29. The number of hydrogen-bond donors (Lipinski definition) is 0. The molecule has 8 nitrogen and oxygen atoms in total. The minimum atomic E-state index is -0.409. The number of aryl methyl sites for hydroxylation is 2. The first-order chi connectivity index (χ1) is 14.8. The Labute approximate surface area is 178 Å². The molecule has 31 heavy (non-hydrogen) atoms. The van der Waals surface area contributed by atoms with Gasteiger partial charge in [-0.2, -0.15) is 10.1 Å². The van der Waals surface area contributed by atoms with Crippen molar-refractivity contribution in [1.82, 2.24) is 9.13 Å². The molecular weight excluding hydrogens is 396 g/mol. The predicted octanol–water partition coefficient (Wildman–Crippen LogP) is 2.86. The second kappa shape index (κ2) is 7.71. The van der Waals surface area contributed by atoms with Crippen LogP contribution < -0.4 is 10.7 Å². The highest BCUT2D eigenvalue weighted by molar-refractivity contribution is 6.32. The summed E-state index contributed by atoms with van der Waals surface area (Å²) in [5.41, 5.74) is 4.32. The van der Waals surface area contributed by atoms with Gasteiger partial charge in [0.2, 0.25) is 0 Å². The molecule has 158 valence electrons. The van der Waals surface area contributed by atoms with Crippen LogP contribution in [0.4, 0.5) is 5.69 Å². The molecule has 1 aromatic heterocycles. The summed E-state index contributed by atoms with van der Waals surface area (Å²) < 4.78 is 8.14. The molecule has 0 unspecified atom stereocenters. The number of carbonyl (C=O) groups excluding carboxylic acids is 2. The molecule has 0 bridgehead atoms. The molecule has 4 rings (SSSR count). The number of ether oxygens (including phenoxy) is 1. The summed E-state index contributed by atoms with van der Waals surface area (Å²) in [4.78, 5) is 37.0. The Bertz CT molecular complexity index is 1330. The zero-order valence-electron chi connectivity index (χ0n) is 17.7. The van der Waals surface area contributed by atoms with Crippen molar-refractivity contribution in [2.75, 3.05) is 11.6 Å². The molecule has 0 aliphatic carbocycles. The minimum Gasteiger partial charge on any atom is -0.462 e. The number of rotatable bonds is 4. The van der Waals surface area contributed by atoms with Crippen LogP contribution in [0.5, 0.6) is 0 Å². The van der Waals surface area contributed by atoms with Crippen molar-refractivity contribution in [3.8, 4) is 0 Å². The summed E-state index contributed by atoms with van der Waals surface area (Å²) in [7, 11) is 3.45. The number of benzene rings is 2. The molecular formula is C23H22N4O4. The van der Waals surface area contributed by atoms with Crippen LogP contribution in [-0.4, -0.2) is 33.3 Å². The van der Waals surface area contributed by atoms with Crippen molar-refractivity contribution in [2.45, 2.75) is 13.8 Å². The molecule has 0 N–H and O–H groups in total. The number of nitrogens with zero attached hydrogens (tertiary/aromatic N) is 4. The number of fused-ring (bicyclic) bond motifs is 1. The van der Waals surface area contributed by atoms with Gasteiger partial charge >= 0.3 is 11.7 Å². The smallest absolute Gasteiger partial charge is 0.338 e. The summed E-state index contributed by atoms with van der Waals surface area (Å²) in [6.07, 6.45) is 1.77. The van der Waals surface area contributed by atoms with E-state index in [1.165, 1.54) is 5.01 Å². The zero-order valence-corrected chi connectivity index (χ0v) is 17.7. The van der Waals surface area contributed by atoms with Gasteiger partial charge in [0.05, 0.1) is 40.2 Å². The van der Waals surface area contributed by atoms with Crippen molar-refractivity contribution in [3.63, 3.8) is 0 Å². The van der Waals surface area contributed by atoms with E-state index in [-0.39, 0.29) is 11.6 Å². The van der Waals surface area contributed by atoms with E-state index < -0.39 is 5.97 Å². The largest absolute Gasteiger partial charge is 0.462 e. The number of imidazole rings is 1. The Kier molecular flexibility index (Phi) is 5.06. The summed E-state index contributed by atoms with van der Waals surface area (Å²) in [6.45, 7) is 3.81. The van der Waals surface area contributed by atoms with Gasteiger partial charge < -0.3 is 4.74 Å². The highest BCUT2D eigenvalue weighted by Crippen LogP contribution is 2.26. The number of aromatic nitrogens is 2. The van der Waals surface area contributed by atoms with Crippen molar-refractivity contribution < 1.29 is 14.3 Å². The number of hydrazone groups is 1. The van der Waals surface area contributed by atoms with E-state index in [0.717, 1.165) is 16.6 Å². The molecule has 0 saturated heterocycles. The number of esters is 1. The van der Waals surface area contributed by atoms with Crippen molar-refractivity contribution >= 4 is 40.4 Å². The first kappa shape index (κ1) is 20.3. The van der Waals surface area contributed by atoms with Gasteiger partial charge in [-0.15, -0.1) is 0 Å². The van der Waals surface area contributed by atoms with E-state index in [1.54, 1.807) is 67.4 Å². The van der Waals surface area contributed by atoms with Crippen LogP contribution >= 0.6 is 0 Å². The van der Waals surface area contributed by atoms with Gasteiger partial charge in [-0.25, -0.2) is 9.59 Å². The SMILES string of the molecule is CCOC(=O)c1ccc(N2N=C(C)C(=Cc3ccc4c(c3)n(C)c(=O)n4C)C2=O)cc1. The van der Waals surface area contributed by atoms with Crippen LogP contribution in [-0.2, 0) is 23.6 Å². The molecule has 0 atom stereocenters. The fourth-order valence-corrected chi connectivity index (χ4v) is 3.59. The van der Waals surface area contributed by atoms with E-state index in [1.807, 2.05) is 18.2 Å². The third-order valence-electron chi connectivity index (χ3n) is 5.29. The molecule has 0 radical (unpaired) electrons. The van der Waals surface area contributed by atoms with Crippen LogP contribution in [0.25, 0.3) is 17.1 Å². The van der Waals surface area contributed by atoms with Gasteiger partial charge in [-0.1, -0.05) is 6.07 Å². The number of carbonyl (C=O) groups is 2. The van der Waals surface area contributed by atoms with Gasteiger partial charge in [0, 0.05) is 14.1 Å². The van der Waals surface area contributed by atoms with Gasteiger partial charge in [0.25, 0.3) is 5.91 Å². The Balaban J connectivity index is 1.64. The molecule has 1 aliphatic heterocycles. The van der Waals surface area contributed by atoms with Crippen LogP contribution in [0.15, 0.2) is 57.9 Å². The Hall–Kier alpha value is -3.94. The number of amides is 1. The molecule has 1 aliphatic rings. The lowest BCUT2D eigenvalue weighted by Crippen LogP contribution is -2.21. The Morgan fingerprint density at radius 3 is 2.39 bits per heavy atom. The summed E-state index contributed by atoms with van der Waals surface area (Å²) in [5.74, 6) is -0.670. The highest BCUT2D eigenvalue weighted by atomic mass is 16.5. The predicted molar refractivity (Wildman–Crippen MR) is 119 cm³/mol. The Morgan fingerprint density at radius 2 is 1.71 bits per heavy atom. The summed E-state index contributed by atoms with van der Waals surface area (Å²) in [5, 5.41) is 5.70. The lowest BCUT2D eigenvalue weighted by molar-refractivity contribution is -0.114. The summed E-state index contributed by atoms with van der Waals surface area (Å²) >= 11 is 0. The average molecular weight is 418 g/mol. The van der Waals surface area contributed by atoms with Crippen molar-refractivity contribution in [1.29, 1.82) is 0 Å².